The molecule has 1 unspecified atom stereocenters. The lowest BCUT2D eigenvalue weighted by atomic mass is 9.92. The number of hydrogen-bond acceptors (Lipinski definition) is 5. The van der Waals surface area contributed by atoms with Gasteiger partial charge in [0.2, 0.25) is 9.84 Å². The second kappa shape index (κ2) is 8.43. The van der Waals surface area contributed by atoms with Crippen LogP contribution in [-0.2, 0) is 19.4 Å². The average molecular weight is 391 g/mol. The number of aryl methyl sites for hydroxylation is 1. The maximum atomic E-state index is 13.4. The van der Waals surface area contributed by atoms with Crippen molar-refractivity contribution in [1.82, 2.24) is 0 Å². The van der Waals surface area contributed by atoms with Gasteiger partial charge in [0, 0.05) is 12.6 Å². The van der Waals surface area contributed by atoms with E-state index in [1.165, 1.54) is 31.2 Å². The fourth-order valence-electron chi connectivity index (χ4n) is 2.87. The van der Waals surface area contributed by atoms with Gasteiger partial charge in [0.1, 0.15) is 12.4 Å². The Morgan fingerprint density at radius 3 is 2.44 bits per heavy atom. The molecule has 2 rings (SSSR count). The number of esters is 1. The van der Waals surface area contributed by atoms with Crippen LogP contribution in [-0.4, -0.2) is 26.7 Å². The Morgan fingerprint density at radius 2 is 1.85 bits per heavy atom. The summed E-state index contributed by atoms with van der Waals surface area (Å²) in [5.41, 5.74) is 1.95. The second-order valence-corrected chi connectivity index (χ2v) is 8.42. The Bertz CT molecular complexity index is 970. The van der Waals surface area contributed by atoms with Gasteiger partial charge < -0.3 is 10.1 Å². The predicted molar refractivity (Wildman–Crippen MR) is 100 cm³/mol. The van der Waals surface area contributed by atoms with Gasteiger partial charge in [-0.2, -0.15) is 0 Å². The lowest BCUT2D eigenvalue weighted by molar-refractivity contribution is -0.139. The molecule has 0 saturated carbocycles. The number of carbonyl (C=O) groups is 1. The molecule has 144 valence electrons. The van der Waals surface area contributed by atoms with E-state index in [0.717, 1.165) is 17.2 Å². The van der Waals surface area contributed by atoms with Gasteiger partial charge in [-0.1, -0.05) is 19.1 Å². The van der Waals surface area contributed by atoms with Gasteiger partial charge in [0.05, 0.1) is 9.79 Å². The molecule has 5 nitrogen and oxygen atoms in total. The molecule has 2 aromatic rings. The topological polar surface area (TPSA) is 84.3 Å². The van der Waals surface area contributed by atoms with Gasteiger partial charge >= 0.3 is 5.97 Å². The van der Waals surface area contributed by atoms with Crippen molar-refractivity contribution in [3.8, 4) is 0 Å². The van der Waals surface area contributed by atoms with E-state index >= 15 is 0 Å². The van der Waals surface area contributed by atoms with E-state index in [2.05, 4.69) is 0 Å². The van der Waals surface area contributed by atoms with Gasteiger partial charge in [-0.25, -0.2) is 12.8 Å². The minimum atomic E-state index is -3.81. The first-order chi connectivity index (χ1) is 12.6. The van der Waals surface area contributed by atoms with Gasteiger partial charge in [-0.05, 0) is 60.7 Å². The Hall–Kier alpha value is -2.54. The number of sulfone groups is 1. The minimum Gasteiger partial charge on any atom is -0.460 e. The molecule has 0 radical (unpaired) electrons. The molecule has 0 aliphatic carbocycles. The molecule has 0 aliphatic heterocycles. The third-order valence-corrected chi connectivity index (χ3v) is 5.94. The van der Waals surface area contributed by atoms with Gasteiger partial charge in [-0.3, -0.25) is 4.79 Å². The predicted octanol–water partition coefficient (Wildman–Crippen LogP) is 4.04. The summed E-state index contributed by atoms with van der Waals surface area (Å²) >= 11 is 0. The summed E-state index contributed by atoms with van der Waals surface area (Å²) in [4.78, 5) is 10.8. The maximum absolute atomic E-state index is 13.4. The minimum absolute atomic E-state index is 0.0426. The van der Waals surface area contributed by atoms with Crippen molar-refractivity contribution in [3.63, 3.8) is 0 Å². The van der Waals surface area contributed by atoms with E-state index in [1.54, 1.807) is 19.1 Å². The molecule has 7 heteroatoms. The molecule has 1 atom stereocenters. The fourth-order valence-corrected chi connectivity index (χ4v) is 4.24. The third kappa shape index (κ3) is 5.23. The monoisotopic (exact) mass is 391 g/mol. The summed E-state index contributed by atoms with van der Waals surface area (Å²) in [6.07, 6.45) is 0.393. The van der Waals surface area contributed by atoms with E-state index in [1.807, 2.05) is 6.92 Å². The Kier molecular flexibility index (Phi) is 6.49. The zero-order valence-electron chi connectivity index (χ0n) is 15.5. The third-order valence-electron chi connectivity index (χ3n) is 4.19. The molecule has 0 aliphatic rings. The largest absolute Gasteiger partial charge is 0.460 e. The van der Waals surface area contributed by atoms with Crippen LogP contribution in [0.3, 0.4) is 0 Å². The Labute approximate surface area is 158 Å². The molecule has 0 spiro atoms. The highest BCUT2D eigenvalue weighted by atomic mass is 32.2. The van der Waals surface area contributed by atoms with Crippen LogP contribution in [0.5, 0.6) is 0 Å². The first kappa shape index (κ1) is 20.8. The van der Waals surface area contributed by atoms with E-state index in [0.29, 0.717) is 6.42 Å². The van der Waals surface area contributed by atoms with Gasteiger partial charge in [0.15, 0.2) is 0 Å². The van der Waals surface area contributed by atoms with Crippen molar-refractivity contribution in [2.75, 3.05) is 6.61 Å². The number of halogens is 1. The van der Waals surface area contributed by atoms with E-state index in [4.69, 9.17) is 10.1 Å². The molecule has 0 bridgehead atoms. The number of nitrogens with one attached hydrogen (secondary N) is 1. The molecule has 1 N–H and O–H groups in total. The highest BCUT2D eigenvalue weighted by molar-refractivity contribution is 7.91. The number of benzene rings is 2. The van der Waals surface area contributed by atoms with Crippen LogP contribution in [0, 0.1) is 18.2 Å². The van der Waals surface area contributed by atoms with Crippen LogP contribution >= 0.6 is 0 Å². The highest BCUT2D eigenvalue weighted by Gasteiger charge is 2.20. The molecule has 2 aromatic carbocycles. The molecular formula is C20H22FNO4S. The van der Waals surface area contributed by atoms with Crippen molar-refractivity contribution >= 4 is 21.5 Å². The summed E-state index contributed by atoms with van der Waals surface area (Å²) in [6, 6.07) is 9.68. The van der Waals surface area contributed by atoms with E-state index in [-0.39, 0.29) is 28.0 Å². The van der Waals surface area contributed by atoms with Crippen LogP contribution in [0.15, 0.2) is 52.3 Å². The molecule has 0 fully saturated rings. The van der Waals surface area contributed by atoms with Crippen molar-refractivity contribution in [2.24, 2.45) is 0 Å². The summed E-state index contributed by atoms with van der Waals surface area (Å²) in [5.74, 6) is -1.08. The zero-order valence-corrected chi connectivity index (χ0v) is 16.3. The smallest absolute Gasteiger partial charge is 0.303 e. The Balaban J connectivity index is 2.22. The van der Waals surface area contributed by atoms with Crippen LogP contribution < -0.4 is 0 Å². The van der Waals surface area contributed by atoms with Crippen molar-refractivity contribution in [3.05, 3.63) is 59.4 Å². The molecular weight excluding hydrogens is 369 g/mol. The zero-order chi connectivity index (χ0) is 20.2. The van der Waals surface area contributed by atoms with Gasteiger partial charge in [-0.15, -0.1) is 0 Å². The SMILES string of the molecule is CC(=O)OCC(=N)CC(C)c1ccc(S(=O)(=O)c2cccc(F)c2)cc1C. The summed E-state index contributed by atoms with van der Waals surface area (Å²) in [7, 11) is -3.81. The lowest BCUT2D eigenvalue weighted by Gasteiger charge is -2.16. The van der Waals surface area contributed by atoms with Crippen molar-refractivity contribution in [1.29, 1.82) is 5.41 Å². The number of hydrogen-bond donors (Lipinski definition) is 1. The lowest BCUT2D eigenvalue weighted by Crippen LogP contribution is -2.14. The molecule has 27 heavy (non-hydrogen) atoms. The van der Waals surface area contributed by atoms with Crippen LogP contribution in [0.1, 0.15) is 37.3 Å². The highest BCUT2D eigenvalue weighted by Crippen LogP contribution is 2.28. The number of carbonyl (C=O) groups excluding carboxylic acids is 1. The van der Waals surface area contributed by atoms with Gasteiger partial charge in [0.25, 0.3) is 0 Å². The summed E-state index contributed by atoms with van der Waals surface area (Å²) in [5, 5.41) is 7.90. The maximum Gasteiger partial charge on any atom is 0.303 e. The second-order valence-electron chi connectivity index (χ2n) is 6.47. The standard InChI is InChI=1S/C20H22FNO4S/c1-13(9-17(22)12-26-15(3)23)20-8-7-19(10-14(20)2)27(24,25)18-6-4-5-16(21)11-18/h4-8,10-11,13,22H,9,12H2,1-3H3. The Morgan fingerprint density at radius 1 is 1.19 bits per heavy atom. The number of rotatable bonds is 7. The van der Waals surface area contributed by atoms with Crippen LogP contribution in [0.2, 0.25) is 0 Å². The average Bonchev–Trinajstić information content (AvgIpc) is 2.59. The number of ether oxygens (including phenoxy) is 1. The van der Waals surface area contributed by atoms with Crippen molar-refractivity contribution < 1.29 is 22.3 Å². The fraction of sp³-hybridized carbons (Fsp3) is 0.300. The van der Waals surface area contributed by atoms with Crippen LogP contribution in [0.4, 0.5) is 4.39 Å². The first-order valence-corrected chi connectivity index (χ1v) is 9.90. The van der Waals surface area contributed by atoms with Crippen LogP contribution in [0.25, 0.3) is 0 Å². The summed E-state index contributed by atoms with van der Waals surface area (Å²) < 4.78 is 43.6. The molecule has 0 saturated heterocycles. The normalized spacial score (nSPS) is 12.4. The van der Waals surface area contributed by atoms with E-state index in [9.17, 15) is 17.6 Å². The molecule has 0 heterocycles. The van der Waals surface area contributed by atoms with E-state index < -0.39 is 21.6 Å². The summed E-state index contributed by atoms with van der Waals surface area (Å²) in [6.45, 7) is 4.96. The quantitative estimate of drug-likeness (QED) is 0.570. The van der Waals surface area contributed by atoms with Crippen molar-refractivity contribution in [2.45, 2.75) is 42.9 Å². The molecule has 0 amide bonds. The first-order valence-electron chi connectivity index (χ1n) is 8.42. The molecule has 0 aromatic heterocycles.